The van der Waals surface area contributed by atoms with Crippen LogP contribution in [0.1, 0.15) is 23.7 Å². The van der Waals surface area contributed by atoms with Crippen molar-refractivity contribution < 1.29 is 43.9 Å². The van der Waals surface area contributed by atoms with Gasteiger partial charge in [-0.3, -0.25) is 24.6 Å². The van der Waals surface area contributed by atoms with Gasteiger partial charge in [-0.2, -0.15) is 27.1 Å². The van der Waals surface area contributed by atoms with Crippen molar-refractivity contribution in [3.63, 3.8) is 0 Å². The molecule has 1 unspecified atom stereocenters. The van der Waals surface area contributed by atoms with E-state index >= 15 is 8.78 Å². The Bertz CT molecular complexity index is 2580. The zero-order chi connectivity index (χ0) is 41.2. The number of anilines is 1. The maximum atomic E-state index is 15.3. The number of aromatic nitrogens is 4. The number of nitrogens with zero attached hydrogens (tertiary/aromatic N) is 4. The summed E-state index contributed by atoms with van der Waals surface area (Å²) in [5.41, 5.74) is -2.31. The van der Waals surface area contributed by atoms with Gasteiger partial charge in [-0.1, -0.05) is 29.8 Å². The lowest BCUT2D eigenvalue weighted by atomic mass is 9.93. The fourth-order valence-corrected chi connectivity index (χ4v) is 7.94. The molecule has 1 fully saturated rings. The van der Waals surface area contributed by atoms with Crippen LogP contribution in [0, 0.1) is 28.9 Å². The number of benzene rings is 2. The maximum Gasteiger partial charge on any atom is 0.433 e. The average molecular weight is 835 g/mol. The normalized spacial score (nSPS) is 18.0. The van der Waals surface area contributed by atoms with Gasteiger partial charge in [0.2, 0.25) is 15.9 Å². The number of amides is 1. The number of carbonyl (C=O) groups is 1. The van der Waals surface area contributed by atoms with E-state index in [4.69, 9.17) is 22.0 Å². The fourth-order valence-electron chi connectivity index (χ4n) is 7.20. The number of pyridine rings is 2. The Morgan fingerprint density at radius 1 is 1.05 bits per heavy atom. The Morgan fingerprint density at radius 3 is 2.40 bits per heavy atom. The molecule has 2 aliphatic carbocycles. The number of aryl methyl sites for hydroxylation is 1. The Morgan fingerprint density at radius 2 is 1.75 bits per heavy atom. The van der Waals surface area contributed by atoms with Gasteiger partial charge in [-0.25, -0.2) is 22.2 Å². The van der Waals surface area contributed by atoms with Gasteiger partial charge in [0.05, 0.1) is 57.5 Å². The first-order valence-corrected chi connectivity index (χ1v) is 19.3. The van der Waals surface area contributed by atoms with E-state index in [0.29, 0.717) is 22.8 Å². The van der Waals surface area contributed by atoms with E-state index in [1.807, 2.05) is 0 Å². The van der Waals surface area contributed by atoms with Gasteiger partial charge in [0.25, 0.3) is 5.92 Å². The standard InChI is InChI=1S/C37H30ClF7N8O3S/c1-53-32-21(6-8-24(38)30(32)35(51-53)52-57(2,55)56)20-7-9-26(25-5-3-4-10-47-25)50-31(20)27(13-17-11-18(39)14-19(40)12-17)49-28(54)16-48-34-29(33(46)37(43,44)45)22-15-23(22)36(34,41)42/h3-12,14,22-23,27,46,48H,13,15-16H2,1-2H3,(H,49,54)(H,51,52)/t22-,23+,27?/m0/s1. The van der Waals surface area contributed by atoms with Crippen LogP contribution in [0.15, 0.2) is 78.1 Å². The molecule has 3 atom stereocenters. The van der Waals surface area contributed by atoms with Gasteiger partial charge < -0.3 is 10.6 Å². The number of hydrogen-bond acceptors (Lipinski definition) is 8. The molecule has 3 aromatic heterocycles. The molecule has 57 heavy (non-hydrogen) atoms. The van der Waals surface area contributed by atoms with E-state index in [-0.39, 0.29) is 51.6 Å². The van der Waals surface area contributed by atoms with Crippen molar-refractivity contribution in [3.05, 3.63) is 106 Å². The molecule has 298 valence electrons. The van der Waals surface area contributed by atoms with E-state index in [9.17, 15) is 35.2 Å². The highest BCUT2D eigenvalue weighted by Gasteiger charge is 2.67. The quantitative estimate of drug-likeness (QED) is 0.0772. The van der Waals surface area contributed by atoms with Gasteiger partial charge in [0, 0.05) is 41.9 Å². The Kier molecular flexibility index (Phi) is 10.0. The molecule has 1 amide bonds. The third-order valence-corrected chi connectivity index (χ3v) is 10.5. The van der Waals surface area contributed by atoms with Crippen LogP contribution in [0.3, 0.4) is 0 Å². The van der Waals surface area contributed by atoms with Crippen LogP contribution >= 0.6 is 11.6 Å². The molecule has 5 aromatic rings. The molecular weight excluding hydrogens is 805 g/mol. The van der Waals surface area contributed by atoms with E-state index < -0.39 is 81.1 Å². The molecule has 2 aliphatic rings. The van der Waals surface area contributed by atoms with Crippen molar-refractivity contribution in [3.8, 4) is 22.5 Å². The molecule has 0 radical (unpaired) electrons. The highest BCUT2D eigenvalue weighted by Crippen LogP contribution is 2.63. The number of alkyl halides is 5. The van der Waals surface area contributed by atoms with Crippen LogP contribution in [-0.2, 0) is 28.3 Å². The van der Waals surface area contributed by atoms with E-state index in [2.05, 4.69) is 25.4 Å². The lowest BCUT2D eigenvalue weighted by Crippen LogP contribution is -2.41. The number of fused-ring (bicyclic) bond motifs is 2. The minimum atomic E-state index is -5.22. The Balaban J connectivity index is 1.35. The summed E-state index contributed by atoms with van der Waals surface area (Å²) in [6.07, 6.45) is -3.38. The highest BCUT2D eigenvalue weighted by atomic mass is 35.5. The summed E-state index contributed by atoms with van der Waals surface area (Å²) in [7, 11) is -2.31. The fraction of sp³-hybridized carbons (Fsp3) is 0.270. The summed E-state index contributed by atoms with van der Waals surface area (Å²) in [6, 6.07) is 12.6. The number of allylic oxidation sites excluding steroid dienone is 2. The number of nitrogens with one attached hydrogen (secondary N) is 4. The minimum Gasteiger partial charge on any atom is -0.374 e. The van der Waals surface area contributed by atoms with Crippen molar-refractivity contribution in [2.75, 3.05) is 17.5 Å². The summed E-state index contributed by atoms with van der Waals surface area (Å²) in [6.45, 7) is -0.976. The zero-order valence-corrected chi connectivity index (χ0v) is 31.2. The predicted molar refractivity (Wildman–Crippen MR) is 197 cm³/mol. The summed E-state index contributed by atoms with van der Waals surface area (Å²) in [5.74, 6) is -9.42. The SMILES string of the molecule is Cn1nc(NS(C)(=O)=O)c2c(Cl)ccc(-c3ccc(-c4ccccn4)nc3C(Cc3cc(F)cc(F)c3)NC(=O)CNC3=C(C(=N)C(F)(F)F)[C@H]4C[C@H]4C3(F)F)c21. The van der Waals surface area contributed by atoms with E-state index in [1.165, 1.54) is 24.0 Å². The lowest BCUT2D eigenvalue weighted by Gasteiger charge is -2.24. The van der Waals surface area contributed by atoms with Crippen LogP contribution in [0.5, 0.6) is 0 Å². The monoisotopic (exact) mass is 834 g/mol. The molecule has 0 spiro atoms. The Hall–Kier alpha value is -5.56. The van der Waals surface area contributed by atoms with Crippen LogP contribution < -0.4 is 15.4 Å². The second kappa shape index (κ2) is 14.4. The summed E-state index contributed by atoms with van der Waals surface area (Å²) >= 11 is 6.57. The van der Waals surface area contributed by atoms with Gasteiger partial charge in [0.1, 0.15) is 17.3 Å². The van der Waals surface area contributed by atoms with Crippen LogP contribution in [-0.4, -0.2) is 64.7 Å². The Labute approximate surface area is 324 Å². The average Bonchev–Trinajstić information content (AvgIpc) is 3.81. The second-order valence-corrected chi connectivity index (χ2v) is 15.9. The minimum absolute atomic E-state index is 0.0363. The molecule has 11 nitrogen and oxygen atoms in total. The summed E-state index contributed by atoms with van der Waals surface area (Å²) in [4.78, 5) is 22.9. The smallest absolute Gasteiger partial charge is 0.374 e. The molecule has 3 heterocycles. The largest absolute Gasteiger partial charge is 0.433 e. The first-order valence-electron chi connectivity index (χ1n) is 17.1. The molecule has 7 rings (SSSR count). The van der Waals surface area contributed by atoms with E-state index in [1.54, 1.807) is 36.4 Å². The third-order valence-electron chi connectivity index (χ3n) is 9.60. The highest BCUT2D eigenvalue weighted by molar-refractivity contribution is 7.92. The molecule has 2 aromatic carbocycles. The van der Waals surface area contributed by atoms with Gasteiger partial charge in [-0.15, -0.1) is 0 Å². The van der Waals surface area contributed by atoms with Crippen LogP contribution in [0.2, 0.25) is 5.02 Å². The first kappa shape index (κ1) is 39.7. The van der Waals surface area contributed by atoms with Crippen LogP contribution in [0.4, 0.5) is 36.6 Å². The van der Waals surface area contributed by atoms with Crippen molar-refractivity contribution >= 4 is 50.0 Å². The van der Waals surface area contributed by atoms with Gasteiger partial charge in [0.15, 0.2) is 5.82 Å². The predicted octanol–water partition coefficient (Wildman–Crippen LogP) is 7.11. The summed E-state index contributed by atoms with van der Waals surface area (Å²) < 4.78 is 128. The molecular formula is C37H30ClF7N8O3S. The summed E-state index contributed by atoms with van der Waals surface area (Å²) in [5, 5.41) is 17.1. The second-order valence-electron chi connectivity index (χ2n) is 13.7. The van der Waals surface area contributed by atoms with Crippen molar-refractivity contribution in [2.24, 2.45) is 18.9 Å². The number of carbonyl (C=O) groups excluding carboxylic acids is 1. The maximum absolute atomic E-state index is 15.3. The zero-order valence-electron chi connectivity index (χ0n) is 29.6. The molecule has 0 aliphatic heterocycles. The molecule has 0 bridgehead atoms. The number of sulfonamides is 1. The van der Waals surface area contributed by atoms with Crippen molar-refractivity contribution in [1.82, 2.24) is 30.4 Å². The number of halogens is 8. The topological polar surface area (TPSA) is 155 Å². The third kappa shape index (κ3) is 7.89. The van der Waals surface area contributed by atoms with Crippen molar-refractivity contribution in [2.45, 2.75) is 31.0 Å². The molecule has 4 N–H and O–H groups in total. The van der Waals surface area contributed by atoms with Gasteiger partial charge in [-0.05, 0) is 60.7 Å². The van der Waals surface area contributed by atoms with E-state index in [0.717, 1.165) is 18.4 Å². The number of rotatable bonds is 12. The molecule has 1 saturated carbocycles. The molecule has 20 heteroatoms. The number of hydrogen-bond donors (Lipinski definition) is 4. The molecule has 0 saturated heterocycles. The van der Waals surface area contributed by atoms with Crippen molar-refractivity contribution in [1.29, 1.82) is 5.41 Å². The lowest BCUT2D eigenvalue weighted by molar-refractivity contribution is -0.121. The first-order chi connectivity index (χ1) is 26.7. The van der Waals surface area contributed by atoms with Gasteiger partial charge >= 0.3 is 6.18 Å². The van der Waals surface area contributed by atoms with Crippen LogP contribution in [0.25, 0.3) is 33.4 Å².